The predicted octanol–water partition coefficient (Wildman–Crippen LogP) is 3.90. The Morgan fingerprint density at radius 1 is 0.966 bits per heavy atom. The van der Waals surface area contributed by atoms with Crippen LogP contribution in [-0.4, -0.2) is 53.3 Å². The lowest BCUT2D eigenvalue weighted by Crippen LogP contribution is -2.63. The molecular weight excluding hydrogens is 394 g/mol. The van der Waals surface area contributed by atoms with Crippen LogP contribution < -0.4 is 14.8 Å². The van der Waals surface area contributed by atoms with Crippen LogP contribution in [0.2, 0.25) is 0 Å². The van der Waals surface area contributed by atoms with E-state index in [0.29, 0.717) is 44.3 Å². The van der Waals surface area contributed by atoms with Crippen molar-refractivity contribution in [3.05, 3.63) is 24.3 Å². The molecule has 0 heterocycles. The van der Waals surface area contributed by atoms with Gasteiger partial charge in [-0.2, -0.15) is 0 Å². The normalized spacial score (nSPS) is 13.6. The maximum atomic E-state index is 12.5. The minimum Gasteiger partial charge on any atom is -0.465 e. The molecule has 0 radical (unpaired) electrons. The molecule has 0 saturated heterocycles. The number of carbonyl (C=O) groups excluding carboxylic acids is 1. The van der Waals surface area contributed by atoms with Gasteiger partial charge in [0.15, 0.2) is 6.29 Å². The minimum atomic E-state index is -3.10. The zero-order valence-corrected chi connectivity index (χ0v) is 19.4. The van der Waals surface area contributed by atoms with E-state index < -0.39 is 26.9 Å². The van der Waals surface area contributed by atoms with E-state index in [1.807, 2.05) is 34.6 Å². The first-order valence-corrected chi connectivity index (χ1v) is 12.0. The fourth-order valence-electron chi connectivity index (χ4n) is 2.82. The molecule has 166 valence electrons. The molecule has 1 amide bonds. The van der Waals surface area contributed by atoms with Crippen molar-refractivity contribution in [3.63, 3.8) is 0 Å². The van der Waals surface area contributed by atoms with Crippen molar-refractivity contribution in [2.75, 3.05) is 26.4 Å². The van der Waals surface area contributed by atoms with Gasteiger partial charge in [0.05, 0.1) is 0 Å². The van der Waals surface area contributed by atoms with Gasteiger partial charge in [-0.15, -0.1) is 0 Å². The number of hydrogen-bond acceptors (Lipinski definition) is 7. The third-order valence-electron chi connectivity index (χ3n) is 3.88. The van der Waals surface area contributed by atoms with Crippen molar-refractivity contribution in [2.45, 2.75) is 59.9 Å². The number of carbonyl (C=O) groups is 1. The molecule has 1 aromatic carbocycles. The Labute approximate surface area is 175 Å². The second-order valence-corrected chi connectivity index (χ2v) is 8.78. The van der Waals surface area contributed by atoms with Crippen LogP contribution >= 0.6 is 0 Å². The second kappa shape index (κ2) is 13.5. The lowest BCUT2D eigenvalue weighted by molar-refractivity contribution is -0.0613. The molecule has 1 aromatic rings. The lowest BCUT2D eigenvalue weighted by Gasteiger charge is -2.34. The number of rotatable bonds is 14. The highest BCUT2D eigenvalue weighted by molar-refractivity contribution is 6.62. The van der Waals surface area contributed by atoms with Gasteiger partial charge in [-0.3, -0.25) is 0 Å². The molecule has 0 saturated carbocycles. The Hall–Kier alpha value is -1.65. The molecule has 0 spiro atoms. The molecule has 8 nitrogen and oxygen atoms in total. The van der Waals surface area contributed by atoms with Crippen molar-refractivity contribution < 1.29 is 32.3 Å². The fourth-order valence-corrected chi connectivity index (χ4v) is 5.68. The summed E-state index contributed by atoms with van der Waals surface area (Å²) < 4.78 is 34.1. The zero-order chi connectivity index (χ0) is 21.7. The summed E-state index contributed by atoms with van der Waals surface area (Å²) in [6, 6.07) is 6.82. The van der Waals surface area contributed by atoms with Crippen LogP contribution in [0.25, 0.3) is 0 Å². The highest BCUT2D eigenvalue weighted by Gasteiger charge is 2.49. The Morgan fingerprint density at radius 3 is 2.07 bits per heavy atom. The number of hydrogen-bond donors (Lipinski definition) is 1. The molecular formula is C20H35NO7Si. The van der Waals surface area contributed by atoms with Crippen LogP contribution in [0.5, 0.6) is 11.5 Å². The van der Waals surface area contributed by atoms with Gasteiger partial charge in [-0.25, -0.2) is 4.79 Å². The Morgan fingerprint density at radius 2 is 1.55 bits per heavy atom. The van der Waals surface area contributed by atoms with Gasteiger partial charge in [0.1, 0.15) is 17.2 Å². The molecule has 0 aromatic heterocycles. The monoisotopic (exact) mass is 429 g/mol. The first-order chi connectivity index (χ1) is 13.9. The molecule has 2 atom stereocenters. The van der Waals surface area contributed by atoms with E-state index >= 15 is 0 Å². The summed E-state index contributed by atoms with van der Waals surface area (Å²) in [6.07, 6.45) is -0.428. The van der Waals surface area contributed by atoms with E-state index in [4.69, 9.17) is 27.5 Å². The van der Waals surface area contributed by atoms with Gasteiger partial charge >= 0.3 is 14.9 Å². The summed E-state index contributed by atoms with van der Waals surface area (Å²) in [4.78, 5) is 12.5. The van der Waals surface area contributed by atoms with Crippen molar-refractivity contribution in [1.82, 2.24) is 5.32 Å². The fraction of sp³-hybridized carbons (Fsp3) is 0.650. The molecule has 9 heteroatoms. The topological polar surface area (TPSA) is 84.5 Å². The third-order valence-corrected chi connectivity index (χ3v) is 7.36. The van der Waals surface area contributed by atoms with E-state index in [2.05, 4.69) is 5.32 Å². The summed E-state index contributed by atoms with van der Waals surface area (Å²) >= 11 is 0. The first-order valence-electron chi connectivity index (χ1n) is 10.2. The average molecular weight is 430 g/mol. The Balaban J connectivity index is 2.84. The molecule has 1 N–H and O–H groups in total. The van der Waals surface area contributed by atoms with E-state index in [9.17, 15) is 4.79 Å². The quantitative estimate of drug-likeness (QED) is 0.355. The Kier molecular flexibility index (Phi) is 11.9. The molecule has 0 aliphatic heterocycles. The van der Waals surface area contributed by atoms with Crippen molar-refractivity contribution in [3.8, 4) is 11.5 Å². The molecule has 0 bridgehead atoms. The van der Waals surface area contributed by atoms with E-state index in [-0.39, 0.29) is 0 Å². The summed E-state index contributed by atoms with van der Waals surface area (Å²) in [5.41, 5.74) is -0.424. The van der Waals surface area contributed by atoms with Gasteiger partial charge < -0.3 is 32.8 Å². The van der Waals surface area contributed by atoms with Gasteiger partial charge in [-0.05, 0) is 53.2 Å². The first kappa shape index (κ1) is 25.4. The van der Waals surface area contributed by atoms with Crippen LogP contribution in [0, 0.1) is 0 Å². The van der Waals surface area contributed by atoms with Gasteiger partial charge in [0.25, 0.3) is 0 Å². The van der Waals surface area contributed by atoms with Gasteiger partial charge in [0.2, 0.25) is 0 Å². The summed E-state index contributed by atoms with van der Waals surface area (Å²) in [5.74, 6) is 0.903. The number of ether oxygens (including phenoxy) is 3. The predicted molar refractivity (Wildman–Crippen MR) is 112 cm³/mol. The highest BCUT2D eigenvalue weighted by atomic mass is 28.4. The van der Waals surface area contributed by atoms with Gasteiger partial charge in [-0.1, -0.05) is 13.0 Å². The smallest absolute Gasteiger partial charge is 0.465 e. The third kappa shape index (κ3) is 8.31. The van der Waals surface area contributed by atoms with Crippen molar-refractivity contribution >= 4 is 14.9 Å². The van der Waals surface area contributed by atoms with Crippen LogP contribution in [0.15, 0.2) is 24.3 Å². The molecule has 1 rings (SSSR count). The molecule has 2 unspecified atom stereocenters. The standard InChI is InChI=1S/C20H35NO7Si/c1-7-19(29(24-9-3,25-10-4)26-11-5)21-20(22)28-18-14-12-13-17(15-18)27-16(6)23-8-2/h12-16,19H,7-11H2,1-6H3,(H,21,22). The lowest BCUT2D eigenvalue weighted by atomic mass is 10.3. The van der Waals surface area contributed by atoms with Crippen molar-refractivity contribution in [2.24, 2.45) is 0 Å². The number of benzene rings is 1. The maximum absolute atomic E-state index is 12.5. The van der Waals surface area contributed by atoms with Crippen molar-refractivity contribution in [1.29, 1.82) is 0 Å². The molecule has 0 aliphatic rings. The number of nitrogens with one attached hydrogen (secondary N) is 1. The van der Waals surface area contributed by atoms with E-state index in [0.717, 1.165) is 0 Å². The molecule has 29 heavy (non-hydrogen) atoms. The van der Waals surface area contributed by atoms with E-state index in [1.54, 1.807) is 31.2 Å². The number of amides is 1. The second-order valence-electron chi connectivity index (χ2n) is 6.01. The SMILES string of the molecule is CCOC(C)Oc1cccc(OC(=O)NC(CC)[Si](OCC)(OCC)OCC)c1. The van der Waals surface area contributed by atoms with Crippen LogP contribution in [0.4, 0.5) is 4.79 Å². The minimum absolute atomic E-state index is 0.357. The zero-order valence-electron chi connectivity index (χ0n) is 18.4. The van der Waals surface area contributed by atoms with E-state index in [1.165, 1.54) is 0 Å². The van der Waals surface area contributed by atoms with Gasteiger partial charge in [0, 0.05) is 32.5 Å². The summed E-state index contributed by atoms with van der Waals surface area (Å²) in [5, 5.41) is 2.85. The largest absolute Gasteiger partial charge is 0.524 e. The summed E-state index contributed by atoms with van der Waals surface area (Å²) in [6.45, 7) is 13.1. The molecule has 0 fully saturated rings. The molecule has 0 aliphatic carbocycles. The van der Waals surface area contributed by atoms with Crippen LogP contribution in [0.1, 0.15) is 48.0 Å². The van der Waals surface area contributed by atoms with Crippen LogP contribution in [0.3, 0.4) is 0 Å². The Bertz CT molecular complexity index is 585. The average Bonchev–Trinajstić information content (AvgIpc) is 2.67. The highest BCUT2D eigenvalue weighted by Crippen LogP contribution is 2.22. The summed E-state index contributed by atoms with van der Waals surface area (Å²) in [7, 11) is -3.10. The van der Waals surface area contributed by atoms with Crippen LogP contribution in [-0.2, 0) is 18.0 Å². The maximum Gasteiger partial charge on any atom is 0.524 e.